The van der Waals surface area contributed by atoms with Crippen LogP contribution < -0.4 is 10.9 Å². The third kappa shape index (κ3) is 4.07. The Hall–Kier alpha value is -2.71. The number of anilines is 1. The van der Waals surface area contributed by atoms with Gasteiger partial charge in [0.05, 0.1) is 16.3 Å². The Bertz CT molecular complexity index is 1120. The Balaban J connectivity index is 1.86. The highest BCUT2D eigenvalue weighted by atomic mass is 32.2. The number of nitrogens with one attached hydrogen (secondary N) is 1. The molecule has 0 radical (unpaired) electrons. The minimum absolute atomic E-state index is 0.124. The second kappa shape index (κ2) is 8.53. The molecule has 0 saturated carbocycles. The molecule has 8 heteroatoms. The fraction of sp³-hybridized carbons (Fsp3) is 0.200. The number of Topliss-reactive ketones (excluding diaryl/α,β-unsaturated/α-hetero) is 1. The Morgan fingerprint density at radius 3 is 2.82 bits per heavy atom. The largest absolute Gasteiger partial charge is 0.324 e. The highest BCUT2D eigenvalue weighted by Gasteiger charge is 2.20. The number of aromatic nitrogens is 2. The molecule has 0 aliphatic heterocycles. The van der Waals surface area contributed by atoms with Crippen LogP contribution in [0.25, 0.3) is 10.2 Å². The number of amides is 1. The minimum Gasteiger partial charge on any atom is -0.324 e. The highest BCUT2D eigenvalue weighted by Crippen LogP contribution is 2.26. The predicted octanol–water partition coefficient (Wildman–Crippen LogP) is 3.97. The van der Waals surface area contributed by atoms with E-state index in [1.807, 2.05) is 5.38 Å². The smallest absolute Gasteiger partial charge is 0.263 e. The van der Waals surface area contributed by atoms with Crippen LogP contribution in [0.5, 0.6) is 0 Å². The number of para-hydroxylation sites is 1. The molecule has 144 valence electrons. The molecule has 0 aliphatic rings. The molecule has 0 spiro atoms. The number of hydrogen-bond acceptors (Lipinski definition) is 6. The van der Waals surface area contributed by atoms with Crippen molar-refractivity contribution in [2.24, 2.45) is 0 Å². The quantitative estimate of drug-likeness (QED) is 0.274. The SMILES string of the molecule is C=CCn1c(SC(C)C(=O)Nc2ccccc2C(C)=O)nc2sccc2c1=O. The van der Waals surface area contributed by atoms with Crippen LogP contribution in [0, 0.1) is 0 Å². The molecule has 1 atom stereocenters. The van der Waals surface area contributed by atoms with Crippen LogP contribution >= 0.6 is 23.1 Å². The fourth-order valence-electron chi connectivity index (χ4n) is 2.66. The van der Waals surface area contributed by atoms with Gasteiger partial charge in [0.15, 0.2) is 10.9 Å². The third-order valence-corrected chi connectivity index (χ3v) is 5.97. The number of carbonyl (C=O) groups excluding carboxylic acids is 2. The Kier molecular flexibility index (Phi) is 6.11. The Morgan fingerprint density at radius 2 is 2.11 bits per heavy atom. The molecule has 6 nitrogen and oxygen atoms in total. The lowest BCUT2D eigenvalue weighted by Crippen LogP contribution is -2.27. The summed E-state index contributed by atoms with van der Waals surface area (Å²) in [6, 6.07) is 8.62. The molecule has 3 rings (SSSR count). The van der Waals surface area contributed by atoms with Crippen molar-refractivity contribution in [3.8, 4) is 0 Å². The van der Waals surface area contributed by atoms with Crippen molar-refractivity contribution in [1.82, 2.24) is 9.55 Å². The van der Waals surface area contributed by atoms with Crippen molar-refractivity contribution in [2.45, 2.75) is 30.8 Å². The van der Waals surface area contributed by atoms with E-state index < -0.39 is 5.25 Å². The molecule has 0 fully saturated rings. The maximum Gasteiger partial charge on any atom is 0.263 e. The predicted molar refractivity (Wildman–Crippen MR) is 114 cm³/mol. The van der Waals surface area contributed by atoms with E-state index in [1.54, 1.807) is 43.3 Å². The van der Waals surface area contributed by atoms with E-state index in [2.05, 4.69) is 16.9 Å². The van der Waals surface area contributed by atoms with Gasteiger partial charge in [-0.25, -0.2) is 4.98 Å². The van der Waals surface area contributed by atoms with Gasteiger partial charge in [0.2, 0.25) is 5.91 Å². The van der Waals surface area contributed by atoms with Crippen LogP contribution in [0.3, 0.4) is 0 Å². The van der Waals surface area contributed by atoms with E-state index >= 15 is 0 Å². The van der Waals surface area contributed by atoms with Gasteiger partial charge in [0.1, 0.15) is 4.83 Å². The molecule has 1 unspecified atom stereocenters. The second-order valence-corrected chi connectivity index (χ2v) is 8.29. The molecule has 3 aromatic rings. The zero-order valence-electron chi connectivity index (χ0n) is 15.5. The Labute approximate surface area is 170 Å². The summed E-state index contributed by atoms with van der Waals surface area (Å²) in [4.78, 5) is 42.3. The van der Waals surface area contributed by atoms with Crippen molar-refractivity contribution in [3.05, 3.63) is 64.3 Å². The number of allylic oxidation sites excluding steroid dienone is 1. The number of rotatable bonds is 7. The fourth-order valence-corrected chi connectivity index (χ4v) is 4.38. The van der Waals surface area contributed by atoms with E-state index in [0.717, 1.165) is 0 Å². The van der Waals surface area contributed by atoms with Crippen molar-refractivity contribution >= 4 is 50.7 Å². The van der Waals surface area contributed by atoms with E-state index in [4.69, 9.17) is 0 Å². The number of thioether (sulfide) groups is 1. The first kappa shape index (κ1) is 20.0. The summed E-state index contributed by atoms with van der Waals surface area (Å²) in [7, 11) is 0. The first-order valence-electron chi connectivity index (χ1n) is 8.58. The number of benzene rings is 1. The van der Waals surface area contributed by atoms with Crippen LogP contribution in [0.2, 0.25) is 0 Å². The molecule has 1 aromatic carbocycles. The molecule has 28 heavy (non-hydrogen) atoms. The molecule has 0 saturated heterocycles. The number of nitrogens with zero attached hydrogens (tertiary/aromatic N) is 2. The molecule has 1 amide bonds. The number of thiophene rings is 1. The molecule has 0 bridgehead atoms. The summed E-state index contributed by atoms with van der Waals surface area (Å²) in [6.45, 7) is 7.20. The van der Waals surface area contributed by atoms with Gasteiger partial charge in [-0.15, -0.1) is 17.9 Å². The van der Waals surface area contributed by atoms with E-state index in [-0.39, 0.29) is 17.2 Å². The van der Waals surface area contributed by atoms with Crippen molar-refractivity contribution in [2.75, 3.05) is 5.32 Å². The van der Waals surface area contributed by atoms with E-state index in [9.17, 15) is 14.4 Å². The van der Waals surface area contributed by atoms with Gasteiger partial charge in [0, 0.05) is 12.1 Å². The number of carbonyl (C=O) groups is 2. The summed E-state index contributed by atoms with van der Waals surface area (Å²) in [6.07, 6.45) is 1.62. The average molecular weight is 414 g/mol. The van der Waals surface area contributed by atoms with Crippen LogP contribution in [0.4, 0.5) is 5.69 Å². The van der Waals surface area contributed by atoms with Gasteiger partial charge in [-0.3, -0.25) is 19.0 Å². The van der Waals surface area contributed by atoms with Crippen molar-refractivity contribution < 1.29 is 9.59 Å². The van der Waals surface area contributed by atoms with Crippen LogP contribution in [-0.4, -0.2) is 26.5 Å². The molecule has 0 aliphatic carbocycles. The molecule has 1 N–H and O–H groups in total. The summed E-state index contributed by atoms with van der Waals surface area (Å²) in [5.74, 6) is -0.398. The van der Waals surface area contributed by atoms with Gasteiger partial charge >= 0.3 is 0 Å². The van der Waals surface area contributed by atoms with Crippen LogP contribution in [-0.2, 0) is 11.3 Å². The van der Waals surface area contributed by atoms with Gasteiger partial charge in [-0.1, -0.05) is 30.0 Å². The minimum atomic E-state index is -0.527. The number of hydrogen-bond donors (Lipinski definition) is 1. The molecule has 2 heterocycles. The average Bonchev–Trinajstić information content (AvgIpc) is 3.13. The standard InChI is InChI=1S/C20H19N3O3S2/c1-4-10-23-19(26)15-9-11-27-18(15)22-20(23)28-13(3)17(25)21-16-8-6-5-7-14(16)12(2)24/h4-9,11,13H,1,10H2,2-3H3,(H,21,25). The first-order chi connectivity index (χ1) is 13.4. The van der Waals surface area contributed by atoms with Crippen molar-refractivity contribution in [3.63, 3.8) is 0 Å². The highest BCUT2D eigenvalue weighted by molar-refractivity contribution is 8.00. The third-order valence-electron chi connectivity index (χ3n) is 4.08. The van der Waals surface area contributed by atoms with Crippen molar-refractivity contribution in [1.29, 1.82) is 0 Å². The summed E-state index contributed by atoms with van der Waals surface area (Å²) >= 11 is 2.58. The molecular weight excluding hydrogens is 394 g/mol. The monoisotopic (exact) mass is 413 g/mol. The summed E-state index contributed by atoms with van der Waals surface area (Å²) in [5.41, 5.74) is 0.774. The first-order valence-corrected chi connectivity index (χ1v) is 10.3. The molecule has 2 aromatic heterocycles. The maximum atomic E-state index is 12.7. The summed E-state index contributed by atoms with van der Waals surface area (Å²) < 4.78 is 1.51. The number of ketones is 1. The summed E-state index contributed by atoms with van der Waals surface area (Å²) in [5, 5.41) is 5.11. The number of fused-ring (bicyclic) bond motifs is 1. The van der Waals surface area contributed by atoms with Gasteiger partial charge in [-0.05, 0) is 37.4 Å². The normalized spacial score (nSPS) is 11.9. The zero-order chi connectivity index (χ0) is 20.3. The topological polar surface area (TPSA) is 81.1 Å². The second-order valence-electron chi connectivity index (χ2n) is 6.09. The van der Waals surface area contributed by atoms with E-state index in [1.165, 1.54) is 34.6 Å². The Morgan fingerprint density at radius 1 is 1.36 bits per heavy atom. The lowest BCUT2D eigenvalue weighted by Gasteiger charge is -2.15. The van der Waals surface area contributed by atoms with Gasteiger partial charge in [0.25, 0.3) is 5.56 Å². The van der Waals surface area contributed by atoms with Gasteiger partial charge < -0.3 is 5.32 Å². The van der Waals surface area contributed by atoms with Crippen LogP contribution in [0.15, 0.2) is 58.3 Å². The van der Waals surface area contributed by atoms with Crippen LogP contribution in [0.1, 0.15) is 24.2 Å². The van der Waals surface area contributed by atoms with E-state index in [0.29, 0.717) is 33.2 Å². The molecular formula is C20H19N3O3S2. The lowest BCUT2D eigenvalue weighted by molar-refractivity contribution is -0.115. The van der Waals surface area contributed by atoms with Gasteiger partial charge in [-0.2, -0.15) is 0 Å². The maximum absolute atomic E-state index is 12.7. The lowest BCUT2D eigenvalue weighted by atomic mass is 10.1. The zero-order valence-corrected chi connectivity index (χ0v) is 17.1.